The van der Waals surface area contributed by atoms with Gasteiger partial charge in [0, 0.05) is 17.5 Å². The van der Waals surface area contributed by atoms with E-state index in [1.54, 1.807) is 31.4 Å². The van der Waals surface area contributed by atoms with E-state index < -0.39 is 5.63 Å². The highest BCUT2D eigenvalue weighted by Gasteiger charge is 2.28. The third-order valence-electron chi connectivity index (χ3n) is 5.87. The molecule has 0 radical (unpaired) electrons. The van der Waals surface area contributed by atoms with Crippen LogP contribution in [0.5, 0.6) is 17.2 Å². The molecule has 0 saturated heterocycles. The lowest BCUT2D eigenvalue weighted by atomic mass is 9.92. The molecule has 7 heteroatoms. The van der Waals surface area contributed by atoms with Gasteiger partial charge in [0.05, 0.1) is 31.9 Å². The average Bonchev–Trinajstić information content (AvgIpc) is 2.75. The topological polar surface area (TPSA) is 87.0 Å². The smallest absolute Gasteiger partial charge is 0.340 e. The first-order valence-electron chi connectivity index (χ1n) is 10.5. The Morgan fingerprint density at radius 3 is 2.66 bits per heavy atom. The van der Waals surface area contributed by atoms with Gasteiger partial charge in [-0.25, -0.2) is 4.79 Å². The molecule has 4 rings (SSSR count). The Morgan fingerprint density at radius 2 is 1.94 bits per heavy atom. The molecule has 168 valence electrons. The van der Waals surface area contributed by atoms with Crippen LogP contribution in [0.2, 0.25) is 0 Å². The molecule has 1 N–H and O–H groups in total. The van der Waals surface area contributed by atoms with E-state index in [0.717, 1.165) is 35.1 Å². The molecule has 0 unspecified atom stereocenters. The van der Waals surface area contributed by atoms with Gasteiger partial charge in [-0.15, -0.1) is 0 Å². The van der Waals surface area contributed by atoms with Gasteiger partial charge < -0.3 is 23.9 Å². The van der Waals surface area contributed by atoms with Crippen molar-refractivity contribution in [1.29, 1.82) is 0 Å². The summed E-state index contributed by atoms with van der Waals surface area (Å²) in [6, 6.07) is 8.88. The van der Waals surface area contributed by atoms with E-state index in [4.69, 9.17) is 18.6 Å². The SMILES string of the molecule is COc1ccc(NC(=O)Cc2c(C)c3cc4c(cc3oc2=O)OC(C)(C)CC4)c(OC)c1. The molecule has 2 aromatic carbocycles. The highest BCUT2D eigenvalue weighted by molar-refractivity contribution is 5.95. The Balaban J connectivity index is 1.64. The number of carbonyl (C=O) groups is 1. The van der Waals surface area contributed by atoms with Crippen molar-refractivity contribution in [1.82, 2.24) is 0 Å². The maximum Gasteiger partial charge on any atom is 0.340 e. The maximum absolute atomic E-state index is 12.8. The van der Waals surface area contributed by atoms with E-state index in [2.05, 4.69) is 5.32 Å². The van der Waals surface area contributed by atoms with Crippen LogP contribution in [-0.4, -0.2) is 25.7 Å². The molecule has 3 aromatic rings. The Labute approximate surface area is 186 Å². The molecule has 0 atom stereocenters. The molecule has 32 heavy (non-hydrogen) atoms. The van der Waals surface area contributed by atoms with Crippen molar-refractivity contribution in [3.8, 4) is 17.2 Å². The predicted molar refractivity (Wildman–Crippen MR) is 122 cm³/mol. The largest absolute Gasteiger partial charge is 0.497 e. The number of aryl methyl sites for hydroxylation is 2. The molecular formula is C25H27NO6. The lowest BCUT2D eigenvalue weighted by Gasteiger charge is -2.32. The van der Waals surface area contributed by atoms with Gasteiger partial charge in [-0.1, -0.05) is 0 Å². The fraction of sp³-hybridized carbons (Fsp3) is 0.360. The van der Waals surface area contributed by atoms with Gasteiger partial charge in [0.2, 0.25) is 5.91 Å². The molecule has 7 nitrogen and oxygen atoms in total. The minimum absolute atomic E-state index is 0.111. The maximum atomic E-state index is 12.8. The molecule has 1 amide bonds. The molecule has 1 aliphatic rings. The molecule has 2 heterocycles. The van der Waals surface area contributed by atoms with Crippen molar-refractivity contribution in [3.63, 3.8) is 0 Å². The van der Waals surface area contributed by atoms with E-state index in [-0.39, 0.29) is 17.9 Å². The van der Waals surface area contributed by atoms with E-state index in [9.17, 15) is 9.59 Å². The third-order valence-corrected chi connectivity index (χ3v) is 5.87. The van der Waals surface area contributed by atoms with Gasteiger partial charge in [0.15, 0.2) is 0 Å². The third kappa shape index (κ3) is 4.15. The normalized spacial score (nSPS) is 14.4. The zero-order valence-corrected chi connectivity index (χ0v) is 19.0. The zero-order chi connectivity index (χ0) is 23.0. The summed E-state index contributed by atoms with van der Waals surface area (Å²) >= 11 is 0. The van der Waals surface area contributed by atoms with Crippen LogP contribution in [0, 0.1) is 6.92 Å². The van der Waals surface area contributed by atoms with Crippen LogP contribution >= 0.6 is 0 Å². The number of anilines is 1. The van der Waals surface area contributed by atoms with Crippen molar-refractivity contribution in [2.45, 2.75) is 45.6 Å². The number of ether oxygens (including phenoxy) is 3. The van der Waals surface area contributed by atoms with Gasteiger partial charge in [-0.2, -0.15) is 0 Å². The first kappa shape index (κ1) is 21.7. The molecule has 1 aromatic heterocycles. The number of carbonyl (C=O) groups excluding carboxylic acids is 1. The van der Waals surface area contributed by atoms with Crippen LogP contribution in [0.4, 0.5) is 5.69 Å². The summed E-state index contributed by atoms with van der Waals surface area (Å²) < 4.78 is 22.1. The summed E-state index contributed by atoms with van der Waals surface area (Å²) in [4.78, 5) is 25.5. The van der Waals surface area contributed by atoms with Crippen molar-refractivity contribution < 1.29 is 23.4 Å². The molecular weight excluding hydrogens is 410 g/mol. The van der Waals surface area contributed by atoms with Crippen molar-refractivity contribution in [3.05, 3.63) is 57.4 Å². The average molecular weight is 437 g/mol. The van der Waals surface area contributed by atoms with E-state index in [0.29, 0.717) is 28.3 Å². The molecule has 0 spiro atoms. The van der Waals surface area contributed by atoms with Crippen LogP contribution < -0.4 is 25.2 Å². The summed E-state index contributed by atoms with van der Waals surface area (Å²) in [5.41, 5.74) is 2.32. The second-order valence-corrected chi connectivity index (χ2v) is 8.60. The number of methoxy groups -OCH3 is 2. The summed E-state index contributed by atoms with van der Waals surface area (Å²) in [5.74, 6) is 1.48. The minimum atomic E-state index is -0.526. The van der Waals surface area contributed by atoms with Gasteiger partial charge in [-0.05, 0) is 62.9 Å². The van der Waals surface area contributed by atoms with Gasteiger partial charge in [-0.3, -0.25) is 4.79 Å². The monoisotopic (exact) mass is 437 g/mol. The van der Waals surface area contributed by atoms with Crippen molar-refractivity contribution in [2.75, 3.05) is 19.5 Å². The Hall–Kier alpha value is -3.48. The van der Waals surface area contributed by atoms with Gasteiger partial charge in [0.25, 0.3) is 0 Å². The van der Waals surface area contributed by atoms with E-state index >= 15 is 0 Å². The van der Waals surface area contributed by atoms with Crippen molar-refractivity contribution >= 4 is 22.6 Å². The molecule has 0 aliphatic carbocycles. The second-order valence-electron chi connectivity index (χ2n) is 8.60. The van der Waals surface area contributed by atoms with Gasteiger partial charge in [0.1, 0.15) is 28.4 Å². The number of benzene rings is 2. The number of rotatable bonds is 5. The quantitative estimate of drug-likeness (QED) is 0.595. The van der Waals surface area contributed by atoms with Crippen molar-refractivity contribution in [2.24, 2.45) is 0 Å². The summed E-state index contributed by atoms with van der Waals surface area (Å²) in [6.45, 7) is 5.93. The fourth-order valence-corrected chi connectivity index (χ4v) is 4.00. The molecule has 1 aliphatic heterocycles. The standard InChI is InChI=1S/C25H27NO6/c1-14-17-10-15-8-9-25(2,3)32-20(15)13-21(17)31-24(28)18(14)12-23(27)26-19-7-6-16(29-4)11-22(19)30-5/h6-7,10-11,13H,8-9,12H2,1-5H3,(H,26,27). The van der Waals surface area contributed by atoms with Crippen LogP contribution in [-0.2, 0) is 17.6 Å². The van der Waals surface area contributed by atoms with Crippen LogP contribution in [0.3, 0.4) is 0 Å². The zero-order valence-electron chi connectivity index (χ0n) is 19.0. The Kier molecular flexibility index (Phi) is 5.59. The summed E-state index contributed by atoms with van der Waals surface area (Å²) in [6.07, 6.45) is 1.67. The lowest BCUT2D eigenvalue weighted by Crippen LogP contribution is -2.32. The Morgan fingerprint density at radius 1 is 1.16 bits per heavy atom. The predicted octanol–water partition coefficient (Wildman–Crippen LogP) is 4.40. The Bertz CT molecular complexity index is 1260. The number of hydrogen-bond donors (Lipinski definition) is 1. The number of amides is 1. The van der Waals surface area contributed by atoms with Crippen LogP contribution in [0.25, 0.3) is 11.0 Å². The summed E-state index contributed by atoms with van der Waals surface area (Å²) in [5, 5.41) is 3.62. The molecule has 0 saturated carbocycles. The molecule has 0 fully saturated rings. The lowest BCUT2D eigenvalue weighted by molar-refractivity contribution is -0.115. The number of hydrogen-bond acceptors (Lipinski definition) is 6. The highest BCUT2D eigenvalue weighted by atomic mass is 16.5. The molecule has 0 bridgehead atoms. The highest BCUT2D eigenvalue weighted by Crippen LogP contribution is 2.37. The minimum Gasteiger partial charge on any atom is -0.497 e. The van der Waals surface area contributed by atoms with Crippen LogP contribution in [0.1, 0.15) is 37.0 Å². The summed E-state index contributed by atoms with van der Waals surface area (Å²) in [7, 11) is 3.07. The van der Waals surface area contributed by atoms with E-state index in [1.165, 1.54) is 7.11 Å². The first-order valence-corrected chi connectivity index (χ1v) is 10.5. The number of fused-ring (bicyclic) bond motifs is 2. The fourth-order valence-electron chi connectivity index (χ4n) is 4.00. The second kappa shape index (κ2) is 8.22. The van der Waals surface area contributed by atoms with Gasteiger partial charge >= 0.3 is 5.63 Å². The first-order chi connectivity index (χ1) is 15.2. The number of nitrogens with one attached hydrogen (secondary N) is 1. The van der Waals surface area contributed by atoms with Crippen LogP contribution in [0.15, 0.2) is 39.5 Å². The van der Waals surface area contributed by atoms with E-state index in [1.807, 2.05) is 26.8 Å².